The molecule has 146 valence electrons. The number of fused-ring (bicyclic) bond motifs is 3. The molecule has 0 radical (unpaired) electrons. The minimum Gasteiger partial charge on any atom is -0.497 e. The van der Waals surface area contributed by atoms with Gasteiger partial charge in [0.1, 0.15) is 12.0 Å². The van der Waals surface area contributed by atoms with E-state index >= 15 is 0 Å². The van der Waals surface area contributed by atoms with Crippen molar-refractivity contribution < 1.29 is 19.0 Å². The molecule has 27 heavy (non-hydrogen) atoms. The number of benzene rings is 1. The van der Waals surface area contributed by atoms with E-state index < -0.39 is 0 Å². The second-order valence-corrected chi connectivity index (χ2v) is 6.18. The maximum atomic E-state index is 10.6. The van der Waals surface area contributed by atoms with Crippen LogP contribution in [0.1, 0.15) is 25.5 Å². The average molecular weight is 372 g/mol. The molecule has 0 aliphatic rings. The summed E-state index contributed by atoms with van der Waals surface area (Å²) in [6, 6.07) is 8.17. The second-order valence-electron chi connectivity index (χ2n) is 6.18. The zero-order chi connectivity index (χ0) is 19.8. The van der Waals surface area contributed by atoms with Gasteiger partial charge in [0.05, 0.1) is 23.8 Å². The molecule has 2 aromatic heterocycles. The van der Waals surface area contributed by atoms with Gasteiger partial charge in [0.25, 0.3) is 0 Å². The minimum atomic E-state index is -0.0648. The van der Waals surface area contributed by atoms with Gasteiger partial charge in [0, 0.05) is 50.2 Å². The van der Waals surface area contributed by atoms with Crippen LogP contribution >= 0.6 is 0 Å². The first-order valence-electron chi connectivity index (χ1n) is 8.98. The number of unbranched alkanes of at least 4 members (excludes halogenated alkanes) is 1. The highest BCUT2D eigenvalue weighted by atomic mass is 16.7. The van der Waals surface area contributed by atoms with Crippen molar-refractivity contribution in [1.29, 1.82) is 0 Å². The van der Waals surface area contributed by atoms with Crippen molar-refractivity contribution in [2.45, 2.75) is 39.5 Å². The summed E-state index contributed by atoms with van der Waals surface area (Å²) >= 11 is 0. The maximum Gasteiger partial charge on any atom is 0.154 e. The van der Waals surface area contributed by atoms with Crippen molar-refractivity contribution >= 4 is 28.1 Å². The van der Waals surface area contributed by atoms with E-state index in [1.165, 1.54) is 10.8 Å². The molecule has 0 N–H and O–H groups in total. The number of aryl methyl sites for hydroxylation is 2. The molecule has 0 saturated carbocycles. The van der Waals surface area contributed by atoms with Gasteiger partial charge in [0.15, 0.2) is 6.29 Å². The quantitative estimate of drug-likeness (QED) is 0.355. The van der Waals surface area contributed by atoms with Crippen LogP contribution in [-0.2, 0) is 20.8 Å². The van der Waals surface area contributed by atoms with Crippen LogP contribution < -0.4 is 4.74 Å². The van der Waals surface area contributed by atoms with Gasteiger partial charge in [0.2, 0.25) is 0 Å². The number of hydrogen-bond acceptors (Lipinski definition) is 5. The molecule has 0 unspecified atom stereocenters. The van der Waals surface area contributed by atoms with E-state index in [4.69, 9.17) is 4.74 Å². The molecule has 3 aromatic rings. The summed E-state index contributed by atoms with van der Waals surface area (Å²) in [4.78, 5) is 15.0. The Balaban J connectivity index is 0.000000380. The maximum absolute atomic E-state index is 10.6. The van der Waals surface area contributed by atoms with Gasteiger partial charge in [-0.25, -0.2) is 0 Å². The van der Waals surface area contributed by atoms with Gasteiger partial charge in [-0.3, -0.25) is 4.98 Å². The average Bonchev–Trinajstić information content (AvgIpc) is 3.02. The first-order valence-corrected chi connectivity index (χ1v) is 8.98. The molecule has 0 amide bonds. The molecule has 6 nitrogen and oxygen atoms in total. The van der Waals surface area contributed by atoms with Gasteiger partial charge in [-0.05, 0) is 38.5 Å². The summed E-state index contributed by atoms with van der Waals surface area (Å²) in [5.74, 6) is 0.840. The van der Waals surface area contributed by atoms with E-state index in [1.807, 2.05) is 32.2 Å². The van der Waals surface area contributed by atoms with Crippen LogP contribution in [0.5, 0.6) is 5.75 Å². The highest BCUT2D eigenvalue weighted by molar-refractivity contribution is 6.09. The lowest BCUT2D eigenvalue weighted by Crippen LogP contribution is -2.05. The number of nitrogens with zero attached hydrogens (tertiary/aromatic N) is 2. The molecule has 0 atom stereocenters. The van der Waals surface area contributed by atoms with Crippen LogP contribution in [0.25, 0.3) is 21.8 Å². The Kier molecular flexibility index (Phi) is 7.76. The second kappa shape index (κ2) is 10.0. The molecule has 0 fully saturated rings. The molecule has 0 spiro atoms. The molecular weight excluding hydrogens is 344 g/mol. The molecule has 0 bridgehead atoms. The van der Waals surface area contributed by atoms with Gasteiger partial charge < -0.3 is 23.6 Å². The Labute approximate surface area is 160 Å². The number of carbonyl (C=O) groups excluding carboxylic acids is 1. The lowest BCUT2D eigenvalue weighted by molar-refractivity contribution is -0.107. The van der Waals surface area contributed by atoms with Crippen LogP contribution in [0.2, 0.25) is 0 Å². The summed E-state index contributed by atoms with van der Waals surface area (Å²) < 4.78 is 16.9. The Morgan fingerprint density at radius 1 is 1.15 bits per heavy atom. The number of aldehydes is 1. The third-order valence-corrected chi connectivity index (χ3v) is 4.53. The topological polar surface area (TPSA) is 62.6 Å². The first kappa shape index (κ1) is 20.9. The number of methoxy groups -OCH3 is 3. The highest BCUT2D eigenvalue weighted by Crippen LogP contribution is 2.32. The van der Waals surface area contributed by atoms with E-state index in [2.05, 4.69) is 31.2 Å². The lowest BCUT2D eigenvalue weighted by Gasteiger charge is -2.08. The van der Waals surface area contributed by atoms with Crippen molar-refractivity contribution in [2.75, 3.05) is 21.3 Å². The van der Waals surface area contributed by atoms with Gasteiger partial charge in [-0.1, -0.05) is 0 Å². The molecule has 3 rings (SSSR count). The normalized spacial score (nSPS) is 10.9. The first-order chi connectivity index (χ1) is 13.1. The molecule has 0 saturated heterocycles. The summed E-state index contributed by atoms with van der Waals surface area (Å²) in [6.45, 7) is 4.66. The van der Waals surface area contributed by atoms with Crippen LogP contribution in [0, 0.1) is 6.92 Å². The van der Waals surface area contributed by atoms with Crippen LogP contribution in [0.3, 0.4) is 0 Å². The fraction of sp³-hybridized carbons (Fsp3) is 0.429. The van der Waals surface area contributed by atoms with Gasteiger partial charge in [-0.2, -0.15) is 0 Å². The van der Waals surface area contributed by atoms with Crippen LogP contribution in [-0.4, -0.2) is 43.5 Å². The Morgan fingerprint density at radius 2 is 1.89 bits per heavy atom. The molecule has 6 heteroatoms. The standard InChI is InChI=1S/C17H18N2O2.C4H10O2/c1-12-17-15(7-8-18-12)14-6-5-13(21-2)11-16(14)19(17)9-3-4-10-20;1-4(5-2)6-3/h5-8,10-11H,3-4,9H2,1-2H3;4H,1-3H3. The highest BCUT2D eigenvalue weighted by Gasteiger charge is 2.13. The number of aromatic nitrogens is 2. The fourth-order valence-corrected chi connectivity index (χ4v) is 2.99. The number of hydrogen-bond donors (Lipinski definition) is 0. The van der Waals surface area contributed by atoms with Gasteiger partial charge >= 0.3 is 0 Å². The molecular formula is C21H28N2O4. The van der Waals surface area contributed by atoms with E-state index in [1.54, 1.807) is 21.3 Å². The monoisotopic (exact) mass is 372 g/mol. The molecule has 2 heterocycles. The van der Waals surface area contributed by atoms with Crippen molar-refractivity contribution in [3.05, 3.63) is 36.2 Å². The Hall–Kier alpha value is -2.44. The summed E-state index contributed by atoms with van der Waals surface area (Å²) in [5, 5.41) is 2.40. The largest absolute Gasteiger partial charge is 0.497 e. The van der Waals surface area contributed by atoms with E-state index in [9.17, 15) is 4.79 Å². The number of pyridine rings is 1. The smallest absolute Gasteiger partial charge is 0.154 e. The summed E-state index contributed by atoms with van der Waals surface area (Å²) in [5.41, 5.74) is 3.28. The SMILES string of the molecule is COC(C)OC.COc1ccc2c3ccnc(C)c3n(CCCC=O)c2c1. The van der Waals surface area contributed by atoms with Crippen molar-refractivity contribution in [3.63, 3.8) is 0 Å². The van der Waals surface area contributed by atoms with Crippen molar-refractivity contribution in [2.24, 2.45) is 0 Å². The third kappa shape index (κ3) is 4.84. The Bertz CT molecular complexity index is 885. The zero-order valence-corrected chi connectivity index (χ0v) is 16.7. The molecule has 1 aromatic carbocycles. The van der Waals surface area contributed by atoms with E-state index in [-0.39, 0.29) is 6.29 Å². The zero-order valence-electron chi connectivity index (χ0n) is 16.7. The van der Waals surface area contributed by atoms with E-state index in [0.717, 1.165) is 41.7 Å². The molecule has 0 aliphatic carbocycles. The number of rotatable bonds is 7. The van der Waals surface area contributed by atoms with Crippen LogP contribution in [0.4, 0.5) is 0 Å². The molecule has 0 aliphatic heterocycles. The lowest BCUT2D eigenvalue weighted by atomic mass is 10.1. The van der Waals surface area contributed by atoms with Crippen LogP contribution in [0.15, 0.2) is 30.5 Å². The third-order valence-electron chi connectivity index (χ3n) is 4.53. The van der Waals surface area contributed by atoms with Crippen molar-refractivity contribution in [1.82, 2.24) is 9.55 Å². The van der Waals surface area contributed by atoms with Crippen molar-refractivity contribution in [3.8, 4) is 5.75 Å². The summed E-state index contributed by atoms with van der Waals surface area (Å²) in [6.07, 6.45) is 4.15. The Morgan fingerprint density at radius 3 is 2.48 bits per heavy atom. The minimum absolute atomic E-state index is 0.0648. The number of carbonyl (C=O) groups is 1. The van der Waals surface area contributed by atoms with Gasteiger partial charge in [-0.15, -0.1) is 0 Å². The predicted molar refractivity (Wildman–Crippen MR) is 107 cm³/mol. The predicted octanol–water partition coefficient (Wildman–Crippen LogP) is 4.11. The number of ether oxygens (including phenoxy) is 3. The van der Waals surface area contributed by atoms with E-state index in [0.29, 0.717) is 6.42 Å². The summed E-state index contributed by atoms with van der Waals surface area (Å²) in [7, 11) is 4.88. The fourth-order valence-electron chi connectivity index (χ4n) is 2.99.